The molecule has 0 radical (unpaired) electrons. The van der Waals surface area contributed by atoms with E-state index in [1.54, 1.807) is 0 Å². The minimum absolute atomic E-state index is 0.260. The maximum atomic E-state index is 11.1. The van der Waals surface area contributed by atoms with Gasteiger partial charge in [-0.1, -0.05) is 97.6 Å². The topological polar surface area (TPSA) is 26.3 Å². The predicted molar refractivity (Wildman–Crippen MR) is 107 cm³/mol. The Bertz CT molecular complexity index is 889. The number of rotatable bonds is 6. The zero-order valence-electron chi connectivity index (χ0n) is 14.5. The molecule has 0 amide bonds. The molecule has 0 aliphatic heterocycles. The molecule has 0 aliphatic carbocycles. The van der Waals surface area contributed by atoms with Gasteiger partial charge in [0.15, 0.2) is 0 Å². The lowest BCUT2D eigenvalue weighted by Gasteiger charge is -2.03. The Kier molecular flexibility index (Phi) is 5.79. The summed E-state index contributed by atoms with van der Waals surface area (Å²) in [4.78, 5) is 11.1. The maximum Gasteiger partial charge on any atom is 0.330 e. The first kappa shape index (κ1) is 17.4. The van der Waals surface area contributed by atoms with Crippen LogP contribution in [0.2, 0.25) is 0 Å². The summed E-state index contributed by atoms with van der Waals surface area (Å²) >= 11 is 0. The molecule has 0 aliphatic rings. The van der Waals surface area contributed by atoms with Gasteiger partial charge < -0.3 is 4.74 Å². The SMILES string of the molecule is C=CC(=O)OCc1ccc(/C=C\c2ccc(-c3ccccc3)cc2)cc1. The smallest absolute Gasteiger partial charge is 0.330 e. The van der Waals surface area contributed by atoms with Crippen LogP contribution in [0.3, 0.4) is 0 Å². The molecule has 128 valence electrons. The Morgan fingerprint density at radius 1 is 0.769 bits per heavy atom. The van der Waals surface area contributed by atoms with Crippen molar-refractivity contribution in [1.29, 1.82) is 0 Å². The normalized spacial score (nSPS) is 10.6. The third-order valence-corrected chi connectivity index (χ3v) is 4.01. The molecule has 3 rings (SSSR count). The number of esters is 1. The van der Waals surface area contributed by atoms with Crippen LogP contribution in [-0.2, 0) is 16.1 Å². The Labute approximate surface area is 154 Å². The Hall–Kier alpha value is -3.39. The third-order valence-electron chi connectivity index (χ3n) is 4.01. The number of hydrogen-bond acceptors (Lipinski definition) is 2. The predicted octanol–water partition coefficient (Wildman–Crippen LogP) is 5.75. The highest BCUT2D eigenvalue weighted by atomic mass is 16.5. The molecule has 0 unspecified atom stereocenters. The second kappa shape index (κ2) is 8.63. The second-order valence-corrected chi connectivity index (χ2v) is 5.87. The first-order chi connectivity index (χ1) is 12.7. The summed E-state index contributed by atoms with van der Waals surface area (Å²) in [7, 11) is 0. The minimum Gasteiger partial charge on any atom is -0.458 e. The van der Waals surface area contributed by atoms with Crippen LogP contribution in [0.1, 0.15) is 16.7 Å². The number of ether oxygens (including phenoxy) is 1. The lowest BCUT2D eigenvalue weighted by Crippen LogP contribution is -1.99. The van der Waals surface area contributed by atoms with Gasteiger partial charge in [0, 0.05) is 6.08 Å². The van der Waals surface area contributed by atoms with E-state index in [-0.39, 0.29) is 6.61 Å². The van der Waals surface area contributed by atoms with Crippen LogP contribution >= 0.6 is 0 Å². The van der Waals surface area contributed by atoms with E-state index in [0.717, 1.165) is 16.7 Å². The lowest BCUT2D eigenvalue weighted by molar-refractivity contribution is -0.138. The lowest BCUT2D eigenvalue weighted by atomic mass is 10.0. The number of hydrogen-bond donors (Lipinski definition) is 0. The van der Waals surface area contributed by atoms with Crippen molar-refractivity contribution < 1.29 is 9.53 Å². The molecule has 0 saturated carbocycles. The molecule has 2 heteroatoms. The van der Waals surface area contributed by atoms with Gasteiger partial charge in [-0.2, -0.15) is 0 Å². The van der Waals surface area contributed by atoms with Crippen molar-refractivity contribution in [2.24, 2.45) is 0 Å². The van der Waals surface area contributed by atoms with Crippen molar-refractivity contribution in [2.45, 2.75) is 6.61 Å². The van der Waals surface area contributed by atoms with Crippen LogP contribution in [0.5, 0.6) is 0 Å². The monoisotopic (exact) mass is 340 g/mol. The van der Waals surface area contributed by atoms with Gasteiger partial charge in [-0.25, -0.2) is 4.79 Å². The van der Waals surface area contributed by atoms with Gasteiger partial charge in [0.25, 0.3) is 0 Å². The van der Waals surface area contributed by atoms with E-state index in [4.69, 9.17) is 4.74 Å². The van der Waals surface area contributed by atoms with Crippen molar-refractivity contribution in [3.63, 3.8) is 0 Å². The zero-order chi connectivity index (χ0) is 18.2. The van der Waals surface area contributed by atoms with Gasteiger partial charge in [-0.15, -0.1) is 0 Å². The van der Waals surface area contributed by atoms with Gasteiger partial charge in [-0.05, 0) is 27.8 Å². The molecule has 0 aromatic heterocycles. The van der Waals surface area contributed by atoms with Crippen molar-refractivity contribution in [3.8, 4) is 11.1 Å². The van der Waals surface area contributed by atoms with Gasteiger partial charge in [0.2, 0.25) is 0 Å². The van der Waals surface area contributed by atoms with E-state index < -0.39 is 5.97 Å². The average molecular weight is 340 g/mol. The summed E-state index contributed by atoms with van der Waals surface area (Å²) in [5, 5.41) is 0. The fraction of sp³-hybridized carbons (Fsp3) is 0.0417. The maximum absolute atomic E-state index is 11.1. The number of carbonyl (C=O) groups excluding carboxylic acids is 1. The van der Waals surface area contributed by atoms with E-state index in [1.807, 2.05) is 42.5 Å². The van der Waals surface area contributed by atoms with Crippen LogP contribution in [0.4, 0.5) is 0 Å². The fourth-order valence-electron chi connectivity index (χ4n) is 2.55. The van der Waals surface area contributed by atoms with E-state index >= 15 is 0 Å². The third kappa shape index (κ3) is 4.81. The van der Waals surface area contributed by atoms with Crippen molar-refractivity contribution in [1.82, 2.24) is 0 Å². The molecule has 0 N–H and O–H groups in total. The van der Waals surface area contributed by atoms with E-state index in [1.165, 1.54) is 17.2 Å². The highest BCUT2D eigenvalue weighted by Gasteiger charge is 1.98. The molecule has 0 bridgehead atoms. The molecular weight excluding hydrogens is 320 g/mol. The summed E-state index contributed by atoms with van der Waals surface area (Å²) in [6.07, 6.45) is 5.32. The molecule has 3 aromatic rings. The van der Waals surface area contributed by atoms with Crippen LogP contribution in [0.15, 0.2) is 91.5 Å². The van der Waals surface area contributed by atoms with E-state index in [0.29, 0.717) is 0 Å². The van der Waals surface area contributed by atoms with Gasteiger partial charge in [0.1, 0.15) is 6.61 Å². The molecule has 0 saturated heterocycles. The quantitative estimate of drug-likeness (QED) is 0.324. The highest BCUT2D eigenvalue weighted by Crippen LogP contribution is 2.20. The van der Waals surface area contributed by atoms with E-state index in [9.17, 15) is 4.79 Å². The average Bonchev–Trinajstić information content (AvgIpc) is 2.72. The van der Waals surface area contributed by atoms with Crippen molar-refractivity contribution >= 4 is 18.1 Å². The van der Waals surface area contributed by atoms with Crippen molar-refractivity contribution in [2.75, 3.05) is 0 Å². The Balaban J connectivity index is 1.62. The summed E-state index contributed by atoms with van der Waals surface area (Å²) in [5.74, 6) is -0.409. The van der Waals surface area contributed by atoms with Crippen molar-refractivity contribution in [3.05, 3.63) is 108 Å². The fourth-order valence-corrected chi connectivity index (χ4v) is 2.55. The second-order valence-electron chi connectivity index (χ2n) is 5.87. The number of carbonyl (C=O) groups is 1. The number of benzene rings is 3. The van der Waals surface area contributed by atoms with E-state index in [2.05, 4.69) is 55.1 Å². The summed E-state index contributed by atoms with van der Waals surface area (Å²) < 4.78 is 5.02. The molecule has 0 spiro atoms. The van der Waals surface area contributed by atoms with Crippen LogP contribution in [-0.4, -0.2) is 5.97 Å². The Morgan fingerprint density at radius 3 is 1.88 bits per heavy atom. The first-order valence-corrected chi connectivity index (χ1v) is 8.46. The molecule has 3 aromatic carbocycles. The molecule has 26 heavy (non-hydrogen) atoms. The summed E-state index contributed by atoms with van der Waals surface area (Å²) in [6.45, 7) is 3.64. The standard InChI is InChI=1S/C24H20O2/c1-2-24(25)26-18-21-12-10-19(11-13-21)8-9-20-14-16-23(17-15-20)22-6-4-3-5-7-22/h2-17H,1,18H2/b9-8-. The summed E-state index contributed by atoms with van der Waals surface area (Å²) in [5.41, 5.74) is 5.62. The highest BCUT2D eigenvalue weighted by molar-refractivity contribution is 5.81. The first-order valence-electron chi connectivity index (χ1n) is 8.46. The molecular formula is C24H20O2. The summed E-state index contributed by atoms with van der Waals surface area (Å²) in [6, 6.07) is 26.7. The zero-order valence-corrected chi connectivity index (χ0v) is 14.5. The van der Waals surface area contributed by atoms with Gasteiger partial charge >= 0.3 is 5.97 Å². The van der Waals surface area contributed by atoms with Crippen LogP contribution < -0.4 is 0 Å². The molecule has 0 heterocycles. The Morgan fingerprint density at radius 2 is 1.31 bits per heavy atom. The van der Waals surface area contributed by atoms with Gasteiger partial charge in [0.05, 0.1) is 0 Å². The van der Waals surface area contributed by atoms with Crippen LogP contribution in [0, 0.1) is 0 Å². The molecule has 2 nitrogen and oxygen atoms in total. The van der Waals surface area contributed by atoms with Gasteiger partial charge in [-0.3, -0.25) is 0 Å². The minimum atomic E-state index is -0.409. The largest absolute Gasteiger partial charge is 0.458 e. The molecule has 0 fully saturated rings. The van der Waals surface area contributed by atoms with Crippen LogP contribution in [0.25, 0.3) is 23.3 Å². The molecule has 0 atom stereocenters.